The number of rotatable bonds is 3. The first-order chi connectivity index (χ1) is 9.26. The van der Waals surface area contributed by atoms with Gasteiger partial charge in [0.25, 0.3) is 0 Å². The van der Waals surface area contributed by atoms with Crippen LogP contribution in [0.15, 0.2) is 29.2 Å². The van der Waals surface area contributed by atoms with Gasteiger partial charge in [0.2, 0.25) is 0 Å². The lowest BCUT2D eigenvalue weighted by molar-refractivity contribution is 0.207. The summed E-state index contributed by atoms with van der Waals surface area (Å²) < 4.78 is 12.9. The highest BCUT2D eigenvalue weighted by molar-refractivity contribution is 8.00. The fourth-order valence-corrected chi connectivity index (χ4v) is 4.35. The number of hydrogen-bond donors (Lipinski definition) is 3. The Bertz CT molecular complexity index is 428. The van der Waals surface area contributed by atoms with E-state index in [2.05, 4.69) is 10.9 Å². The molecule has 0 bridgehead atoms. The SMILES string of the molecule is OCC1NNC2CC(Sc3ccc(F)cc3)CCC12. The molecule has 19 heavy (non-hydrogen) atoms. The molecule has 0 spiro atoms. The van der Waals surface area contributed by atoms with Gasteiger partial charge in [-0.1, -0.05) is 0 Å². The number of aliphatic hydroxyl groups excluding tert-OH is 1. The van der Waals surface area contributed by atoms with Crippen LogP contribution in [-0.4, -0.2) is 29.0 Å². The van der Waals surface area contributed by atoms with Gasteiger partial charge in [-0.2, -0.15) is 0 Å². The number of hydrogen-bond acceptors (Lipinski definition) is 4. The minimum atomic E-state index is -0.180. The Labute approximate surface area is 116 Å². The summed E-state index contributed by atoms with van der Waals surface area (Å²) in [6.07, 6.45) is 3.38. The number of hydrazine groups is 1. The first kappa shape index (κ1) is 13.4. The zero-order chi connectivity index (χ0) is 13.2. The van der Waals surface area contributed by atoms with Gasteiger partial charge >= 0.3 is 0 Å². The topological polar surface area (TPSA) is 44.3 Å². The third-order valence-corrected chi connectivity index (χ3v) is 5.45. The number of benzene rings is 1. The molecule has 3 N–H and O–H groups in total. The average Bonchev–Trinajstić information content (AvgIpc) is 2.83. The summed E-state index contributed by atoms with van der Waals surface area (Å²) >= 11 is 1.83. The minimum Gasteiger partial charge on any atom is -0.395 e. The fourth-order valence-electron chi connectivity index (χ4n) is 3.12. The third-order valence-electron chi connectivity index (χ3n) is 4.14. The van der Waals surface area contributed by atoms with Crippen LogP contribution in [0.25, 0.3) is 0 Å². The van der Waals surface area contributed by atoms with Gasteiger partial charge in [0, 0.05) is 22.2 Å². The molecule has 3 rings (SSSR count). The summed E-state index contributed by atoms with van der Waals surface area (Å²) in [6, 6.07) is 7.38. The van der Waals surface area contributed by atoms with E-state index in [1.807, 2.05) is 23.9 Å². The molecule has 1 aromatic carbocycles. The molecule has 2 aliphatic rings. The Morgan fingerprint density at radius 2 is 2.00 bits per heavy atom. The van der Waals surface area contributed by atoms with Crippen molar-refractivity contribution >= 4 is 11.8 Å². The van der Waals surface area contributed by atoms with E-state index in [1.54, 1.807) is 0 Å². The lowest BCUT2D eigenvalue weighted by atomic mass is 9.82. The van der Waals surface area contributed by atoms with Crippen molar-refractivity contribution in [1.29, 1.82) is 0 Å². The molecule has 1 heterocycles. The van der Waals surface area contributed by atoms with Gasteiger partial charge in [-0.05, 0) is 49.4 Å². The molecule has 2 fully saturated rings. The van der Waals surface area contributed by atoms with Gasteiger partial charge in [0.1, 0.15) is 5.82 Å². The summed E-state index contributed by atoms with van der Waals surface area (Å²) in [6.45, 7) is 0.198. The summed E-state index contributed by atoms with van der Waals surface area (Å²) in [5.74, 6) is 0.357. The van der Waals surface area contributed by atoms with Gasteiger partial charge < -0.3 is 5.11 Å². The van der Waals surface area contributed by atoms with Crippen molar-refractivity contribution in [2.45, 2.75) is 41.5 Å². The molecule has 4 unspecified atom stereocenters. The zero-order valence-electron chi connectivity index (χ0n) is 10.7. The summed E-state index contributed by atoms with van der Waals surface area (Å²) in [5.41, 5.74) is 6.48. The van der Waals surface area contributed by atoms with Gasteiger partial charge in [-0.25, -0.2) is 4.39 Å². The fraction of sp³-hybridized carbons (Fsp3) is 0.571. The van der Waals surface area contributed by atoms with E-state index in [0.29, 0.717) is 17.2 Å². The first-order valence-electron chi connectivity index (χ1n) is 6.80. The van der Waals surface area contributed by atoms with Crippen molar-refractivity contribution in [3.63, 3.8) is 0 Å². The number of aliphatic hydroxyl groups is 1. The molecular weight excluding hydrogens is 263 g/mol. The standard InChI is InChI=1S/C14H19FN2OS/c15-9-1-3-10(4-2-9)19-11-5-6-12-13(7-11)16-17-14(12)8-18/h1-4,11-14,16-18H,5-8H2. The predicted molar refractivity (Wildman–Crippen MR) is 74.3 cm³/mol. The first-order valence-corrected chi connectivity index (χ1v) is 7.68. The minimum absolute atomic E-state index is 0.180. The van der Waals surface area contributed by atoms with Crippen LogP contribution in [-0.2, 0) is 0 Å². The maximum atomic E-state index is 12.9. The van der Waals surface area contributed by atoms with Crippen molar-refractivity contribution in [2.24, 2.45) is 5.92 Å². The van der Waals surface area contributed by atoms with Crippen LogP contribution in [0, 0.1) is 11.7 Å². The number of halogens is 1. The van der Waals surface area contributed by atoms with E-state index in [-0.39, 0.29) is 18.5 Å². The van der Waals surface area contributed by atoms with Crippen LogP contribution >= 0.6 is 11.8 Å². The number of fused-ring (bicyclic) bond motifs is 1. The monoisotopic (exact) mass is 282 g/mol. The van der Waals surface area contributed by atoms with E-state index in [4.69, 9.17) is 0 Å². The quantitative estimate of drug-likeness (QED) is 0.792. The molecular formula is C14H19FN2OS. The Balaban J connectivity index is 1.58. The molecule has 0 aromatic heterocycles. The molecule has 3 nitrogen and oxygen atoms in total. The molecule has 1 aromatic rings. The van der Waals surface area contributed by atoms with Crippen LogP contribution < -0.4 is 10.9 Å². The smallest absolute Gasteiger partial charge is 0.123 e. The molecule has 1 saturated heterocycles. The molecule has 1 aliphatic carbocycles. The van der Waals surface area contributed by atoms with Crippen molar-refractivity contribution < 1.29 is 9.50 Å². The lowest BCUT2D eigenvalue weighted by Gasteiger charge is -2.32. The van der Waals surface area contributed by atoms with Gasteiger partial charge in [0.05, 0.1) is 6.61 Å². The van der Waals surface area contributed by atoms with Crippen LogP contribution in [0.5, 0.6) is 0 Å². The Kier molecular flexibility index (Phi) is 4.07. The molecule has 1 aliphatic heterocycles. The highest BCUT2D eigenvalue weighted by Gasteiger charge is 2.39. The molecule has 0 radical (unpaired) electrons. The maximum Gasteiger partial charge on any atom is 0.123 e. The second kappa shape index (κ2) is 5.79. The maximum absolute atomic E-state index is 12.9. The van der Waals surface area contributed by atoms with Gasteiger partial charge in [-0.3, -0.25) is 10.9 Å². The Hall–Kier alpha value is -0.620. The molecule has 1 saturated carbocycles. The zero-order valence-corrected chi connectivity index (χ0v) is 11.5. The van der Waals surface area contributed by atoms with Crippen LogP contribution in [0.4, 0.5) is 4.39 Å². The predicted octanol–water partition coefficient (Wildman–Crippen LogP) is 1.92. The summed E-state index contributed by atoms with van der Waals surface area (Å²) in [7, 11) is 0. The van der Waals surface area contributed by atoms with Crippen LogP contribution in [0.2, 0.25) is 0 Å². The summed E-state index contributed by atoms with van der Waals surface area (Å²) in [4.78, 5) is 1.13. The van der Waals surface area contributed by atoms with E-state index in [1.165, 1.54) is 12.1 Å². The normalized spacial score (nSPS) is 34.2. The van der Waals surface area contributed by atoms with Crippen molar-refractivity contribution in [3.05, 3.63) is 30.1 Å². The van der Waals surface area contributed by atoms with E-state index in [9.17, 15) is 9.50 Å². The summed E-state index contributed by atoms with van der Waals surface area (Å²) in [5, 5.41) is 9.86. The molecule has 104 valence electrons. The van der Waals surface area contributed by atoms with E-state index in [0.717, 1.165) is 24.2 Å². The highest BCUT2D eigenvalue weighted by atomic mass is 32.2. The second-order valence-electron chi connectivity index (χ2n) is 5.35. The average molecular weight is 282 g/mol. The third kappa shape index (κ3) is 2.94. The van der Waals surface area contributed by atoms with Crippen molar-refractivity contribution in [1.82, 2.24) is 10.9 Å². The largest absolute Gasteiger partial charge is 0.395 e. The van der Waals surface area contributed by atoms with E-state index >= 15 is 0 Å². The highest BCUT2D eigenvalue weighted by Crippen LogP contribution is 2.38. The van der Waals surface area contributed by atoms with Crippen LogP contribution in [0.3, 0.4) is 0 Å². The molecule has 0 amide bonds. The number of nitrogens with one attached hydrogen (secondary N) is 2. The molecule has 5 heteroatoms. The van der Waals surface area contributed by atoms with Crippen molar-refractivity contribution in [2.75, 3.05) is 6.61 Å². The lowest BCUT2D eigenvalue weighted by Crippen LogP contribution is -2.37. The van der Waals surface area contributed by atoms with Gasteiger partial charge in [-0.15, -0.1) is 11.8 Å². The number of thioether (sulfide) groups is 1. The second-order valence-corrected chi connectivity index (χ2v) is 6.73. The van der Waals surface area contributed by atoms with Gasteiger partial charge in [0.15, 0.2) is 0 Å². The Morgan fingerprint density at radius 1 is 1.21 bits per heavy atom. The van der Waals surface area contributed by atoms with E-state index < -0.39 is 0 Å². The Morgan fingerprint density at radius 3 is 2.74 bits per heavy atom. The van der Waals surface area contributed by atoms with Crippen LogP contribution in [0.1, 0.15) is 19.3 Å². The molecule has 4 atom stereocenters. The van der Waals surface area contributed by atoms with Crippen molar-refractivity contribution in [3.8, 4) is 0 Å².